The summed E-state index contributed by atoms with van der Waals surface area (Å²) in [5.74, 6) is -9.02. The Bertz CT molecular complexity index is 2900. The number of anilines is 1. The van der Waals surface area contributed by atoms with Crippen molar-refractivity contribution in [3.8, 4) is 6.07 Å². The molecule has 2 aromatic rings. The molecule has 1 saturated carbocycles. The van der Waals surface area contributed by atoms with Gasteiger partial charge in [-0.2, -0.15) is 18.4 Å². The average molecular weight is 1220 g/mol. The third-order valence-electron chi connectivity index (χ3n) is 17.5. The lowest BCUT2D eigenvalue weighted by atomic mass is 9.78. The van der Waals surface area contributed by atoms with E-state index in [1.54, 1.807) is 65.1 Å². The van der Waals surface area contributed by atoms with E-state index in [1.807, 2.05) is 57.2 Å². The van der Waals surface area contributed by atoms with Gasteiger partial charge in [-0.15, -0.1) is 0 Å². The Morgan fingerprint density at radius 2 is 1.63 bits per heavy atom. The molecule has 470 valence electrons. The number of esters is 1. The number of ether oxygens (including phenoxy) is 4. The highest BCUT2D eigenvalue weighted by molar-refractivity contribution is 8.03. The third-order valence-corrected chi connectivity index (χ3v) is 18.4. The van der Waals surface area contributed by atoms with Gasteiger partial charge in [-0.1, -0.05) is 107 Å². The lowest BCUT2D eigenvalue weighted by Gasteiger charge is -2.44. The lowest BCUT2D eigenvalue weighted by Crippen LogP contribution is -2.62. The standard InChI is InChI=1S/C66H87F3N4O12S/c1-38-17-11-10-12-18-39(2)32-51(72-46-24-26-47(27-25-46)86-62(71)49(37-70)48-19-13-14-20-50(48)66(67,68)69)55-29-22-44(7)65(81,85-55)61(78)63(79)73-30-16-15-21-52(73)64(80)84-56(41(4)34-45-23-28-53(74)57(35-45)82-8)36-54(75)40(3)33-43(6)59(77)60(83-9)58(76)42(5)31-38/h10-14,17-20,24-27,33,38,40-42,44-45,51-53,55-57,59-60,72,74,77,81H,15-16,21-23,28-32,34-36,71H2,1-9H3/b12-10-,17-11-,39-18-,43-33-,62-49+/t38-,40-,41?,42-,44-,45-,51+,52+,53-,55+,56+,57-,59-,60+,65-/m1/s1. The molecule has 2 aromatic carbocycles. The summed E-state index contributed by atoms with van der Waals surface area (Å²) in [4.78, 5) is 74.0. The second kappa shape index (κ2) is 31.3. The van der Waals surface area contributed by atoms with E-state index in [2.05, 4.69) is 5.32 Å². The fourth-order valence-electron chi connectivity index (χ4n) is 12.3. The van der Waals surface area contributed by atoms with Gasteiger partial charge in [0.15, 0.2) is 5.78 Å². The first-order chi connectivity index (χ1) is 40.7. The molecular formula is C66H87F3N4O12S. The maximum Gasteiger partial charge on any atom is 0.417 e. The lowest BCUT2D eigenvalue weighted by molar-refractivity contribution is -0.264. The van der Waals surface area contributed by atoms with Crippen LogP contribution in [-0.2, 0) is 49.1 Å². The number of nitriles is 1. The highest BCUT2D eigenvalue weighted by atomic mass is 32.2. The van der Waals surface area contributed by atoms with Gasteiger partial charge in [-0.3, -0.25) is 19.2 Å². The molecular weight excluding hydrogens is 1130 g/mol. The number of alkyl halides is 3. The van der Waals surface area contributed by atoms with Crippen molar-refractivity contribution < 1.29 is 71.4 Å². The number of hydrogen-bond donors (Lipinski definition) is 5. The van der Waals surface area contributed by atoms with E-state index in [9.17, 15) is 57.7 Å². The van der Waals surface area contributed by atoms with Crippen molar-refractivity contribution in [1.29, 1.82) is 5.26 Å². The van der Waals surface area contributed by atoms with Crippen LogP contribution < -0.4 is 11.1 Å². The molecule has 6 rings (SSSR count). The van der Waals surface area contributed by atoms with Crippen LogP contribution in [-0.4, -0.2) is 125 Å². The maximum atomic E-state index is 14.8. The molecule has 6 N–H and O–H groups in total. The van der Waals surface area contributed by atoms with Crippen molar-refractivity contribution in [3.63, 3.8) is 0 Å². The number of nitrogens with zero attached hydrogens (tertiary/aromatic N) is 2. The molecule has 20 heteroatoms. The van der Waals surface area contributed by atoms with E-state index in [-0.39, 0.29) is 65.4 Å². The molecule has 0 radical (unpaired) electrons. The van der Waals surface area contributed by atoms with Gasteiger partial charge in [0.05, 0.1) is 40.5 Å². The van der Waals surface area contributed by atoms with E-state index in [0.717, 1.165) is 28.3 Å². The van der Waals surface area contributed by atoms with Crippen molar-refractivity contribution in [2.24, 2.45) is 41.2 Å². The van der Waals surface area contributed by atoms with Crippen LogP contribution in [0.25, 0.3) is 5.57 Å². The number of nitrogens with two attached hydrogens (primary N) is 1. The van der Waals surface area contributed by atoms with E-state index in [1.165, 1.54) is 25.3 Å². The van der Waals surface area contributed by atoms with Gasteiger partial charge in [0, 0.05) is 61.1 Å². The normalized spacial score (nSPS) is 33.8. The Balaban J connectivity index is 1.34. The van der Waals surface area contributed by atoms with Crippen LogP contribution >= 0.6 is 11.8 Å². The van der Waals surface area contributed by atoms with Crippen LogP contribution in [0, 0.1) is 46.8 Å². The van der Waals surface area contributed by atoms with Gasteiger partial charge < -0.3 is 50.2 Å². The minimum absolute atomic E-state index is 0.00243. The van der Waals surface area contributed by atoms with Crippen molar-refractivity contribution >= 4 is 52.2 Å². The number of carbonyl (C=O) groups is 5. The second-order valence-corrected chi connectivity index (χ2v) is 25.2. The number of aliphatic hydroxyl groups is 3. The number of amides is 1. The third kappa shape index (κ3) is 17.9. The predicted molar refractivity (Wildman–Crippen MR) is 322 cm³/mol. The fraction of sp³-hybridized carbons (Fsp3) is 0.576. The number of rotatable bonds is 10. The smallest absolute Gasteiger partial charge is 0.417 e. The number of benzene rings is 2. The SMILES string of the molecule is CO[C@@H]1C[C@@H](CC(C)[C@@H]2CC(=O)[C@H](C)/C=C(/C)[C@@H](O)[C@@H](OC)C(=O)[C@H](C)C[C@H](C)\C=C/C=C\C=C(\C)C[C@H](Nc3ccc(S/C(N)=C(\C#N)c4ccccc4C(F)(F)F)cc3)[C@@H]3CC[C@@H](C)[C@@](O)(O3)C(=O)C(=O)N3CCCC[C@H]3C(=O)O2)CC[C@H]1O. The Morgan fingerprint density at radius 3 is 2.30 bits per heavy atom. The summed E-state index contributed by atoms with van der Waals surface area (Å²) >= 11 is 0.916. The first kappa shape index (κ1) is 69.2. The number of Topliss-reactive ketones (excluding diaryl/α,β-unsaturated/α-hetero) is 3. The molecule has 15 atom stereocenters. The Hall–Kier alpha value is -5.92. The van der Waals surface area contributed by atoms with Gasteiger partial charge in [0.25, 0.3) is 11.7 Å². The van der Waals surface area contributed by atoms with Crippen molar-refractivity contribution in [2.45, 2.75) is 191 Å². The summed E-state index contributed by atoms with van der Waals surface area (Å²) in [5, 5.41) is 48.0. The van der Waals surface area contributed by atoms with Crippen LogP contribution in [0.5, 0.6) is 0 Å². The number of piperidine rings is 1. The second-order valence-electron chi connectivity index (χ2n) is 24.1. The summed E-state index contributed by atoms with van der Waals surface area (Å²) in [7, 11) is 2.90. The molecule has 0 spiro atoms. The number of cyclic esters (lactones) is 1. The van der Waals surface area contributed by atoms with E-state index in [0.29, 0.717) is 73.9 Å². The van der Waals surface area contributed by atoms with E-state index < -0.39 is 108 Å². The average Bonchev–Trinajstić information content (AvgIpc) is 1.11. The minimum Gasteiger partial charge on any atom is -0.460 e. The molecule has 2 bridgehead atoms. The number of aliphatic hydroxyl groups excluding tert-OH is 2. The maximum absolute atomic E-state index is 14.8. The van der Waals surface area contributed by atoms with Gasteiger partial charge >= 0.3 is 12.1 Å². The van der Waals surface area contributed by atoms with E-state index >= 15 is 0 Å². The van der Waals surface area contributed by atoms with Gasteiger partial charge in [-0.25, -0.2) is 4.79 Å². The number of halogens is 3. The van der Waals surface area contributed by atoms with Crippen LogP contribution in [0.3, 0.4) is 0 Å². The zero-order chi connectivity index (χ0) is 63.2. The quantitative estimate of drug-likeness (QED) is 0.0488. The Kier molecular flexibility index (Phi) is 25.2. The van der Waals surface area contributed by atoms with Crippen molar-refractivity contribution in [1.82, 2.24) is 4.90 Å². The molecule has 1 amide bonds. The molecule has 4 aliphatic rings. The van der Waals surface area contributed by atoms with Crippen molar-refractivity contribution in [3.05, 3.63) is 112 Å². The topological polar surface area (TPSA) is 248 Å². The molecule has 86 heavy (non-hydrogen) atoms. The predicted octanol–water partition coefficient (Wildman–Crippen LogP) is 10.6. The zero-order valence-corrected chi connectivity index (χ0v) is 51.7. The molecule has 1 unspecified atom stereocenters. The summed E-state index contributed by atoms with van der Waals surface area (Å²) in [6.45, 7) is 12.4. The van der Waals surface area contributed by atoms with Crippen LogP contribution in [0.2, 0.25) is 0 Å². The summed E-state index contributed by atoms with van der Waals surface area (Å²) in [6, 6.07) is 11.4. The van der Waals surface area contributed by atoms with Gasteiger partial charge in [0.2, 0.25) is 5.79 Å². The molecule has 3 heterocycles. The monoisotopic (exact) mass is 1220 g/mol. The zero-order valence-electron chi connectivity index (χ0n) is 50.9. The Labute approximate surface area is 508 Å². The number of ketones is 3. The summed E-state index contributed by atoms with van der Waals surface area (Å²) in [6.07, 6.45) is 5.23. The number of allylic oxidation sites excluding steroid dienone is 7. The largest absolute Gasteiger partial charge is 0.460 e. The van der Waals surface area contributed by atoms with Crippen LogP contribution in [0.15, 0.2) is 106 Å². The molecule has 16 nitrogen and oxygen atoms in total. The first-order valence-corrected chi connectivity index (χ1v) is 30.8. The molecule has 2 saturated heterocycles. The number of carbonyl (C=O) groups excluding carboxylic acids is 5. The highest BCUT2D eigenvalue weighted by Crippen LogP contribution is 2.41. The van der Waals surface area contributed by atoms with Gasteiger partial charge in [0.1, 0.15) is 36.2 Å². The van der Waals surface area contributed by atoms with Gasteiger partial charge in [-0.05, 0) is 138 Å². The number of methoxy groups -OCH3 is 2. The minimum atomic E-state index is -4.73. The van der Waals surface area contributed by atoms with Crippen molar-refractivity contribution in [2.75, 3.05) is 26.1 Å². The highest BCUT2D eigenvalue weighted by Gasteiger charge is 2.54. The number of fused-ring (bicyclic) bond motifs is 3. The molecule has 0 aromatic heterocycles. The van der Waals surface area contributed by atoms with Crippen LogP contribution in [0.1, 0.15) is 137 Å². The molecule has 3 aliphatic heterocycles. The van der Waals surface area contributed by atoms with Crippen LogP contribution in [0.4, 0.5) is 18.9 Å². The fourth-order valence-corrected chi connectivity index (χ4v) is 13.1. The summed E-state index contributed by atoms with van der Waals surface area (Å²) < 4.78 is 65.9. The summed E-state index contributed by atoms with van der Waals surface area (Å²) in [5.41, 5.74) is 6.40. The number of thioether (sulfide) groups is 1. The number of hydrogen-bond acceptors (Lipinski definition) is 16. The molecule has 3 fully saturated rings. The Morgan fingerprint density at radius 1 is 0.919 bits per heavy atom. The number of nitrogens with one attached hydrogen (secondary N) is 1. The van der Waals surface area contributed by atoms with E-state index in [4.69, 9.17) is 24.7 Å². The first-order valence-electron chi connectivity index (χ1n) is 29.9. The molecule has 1 aliphatic carbocycles.